The van der Waals surface area contributed by atoms with Gasteiger partial charge in [0.2, 0.25) is 0 Å². The molecule has 3 aromatic carbocycles. The largest absolute Gasteiger partial charge is 0.497 e. The molecule has 0 heterocycles. The van der Waals surface area contributed by atoms with Crippen molar-refractivity contribution in [2.45, 2.75) is 18.8 Å². The molecule has 0 fully saturated rings. The fourth-order valence-electron chi connectivity index (χ4n) is 3.73. The minimum absolute atomic E-state index is 0.159. The van der Waals surface area contributed by atoms with Crippen molar-refractivity contribution in [1.29, 1.82) is 0 Å². The first-order valence-corrected chi connectivity index (χ1v) is 9.52. The normalized spacial score (nSPS) is 16.4. The molecule has 0 spiro atoms. The van der Waals surface area contributed by atoms with E-state index in [4.69, 9.17) is 4.74 Å². The summed E-state index contributed by atoms with van der Waals surface area (Å²) >= 11 is 0. The summed E-state index contributed by atoms with van der Waals surface area (Å²) in [7, 11) is 1.66. The summed E-state index contributed by atoms with van der Waals surface area (Å²) in [6, 6.07) is 26.5. The number of benzene rings is 3. The first kappa shape index (κ1) is 18.1. The summed E-state index contributed by atoms with van der Waals surface area (Å²) in [6.45, 7) is 0. The molecule has 3 nitrogen and oxygen atoms in total. The number of hydrogen-bond acceptors (Lipinski definition) is 3. The molecule has 140 valence electrons. The van der Waals surface area contributed by atoms with Crippen molar-refractivity contribution < 1.29 is 9.53 Å². The Bertz CT molecular complexity index is 991. The quantitative estimate of drug-likeness (QED) is 0.617. The van der Waals surface area contributed by atoms with E-state index in [1.807, 2.05) is 42.5 Å². The van der Waals surface area contributed by atoms with Crippen molar-refractivity contribution in [2.75, 3.05) is 12.4 Å². The van der Waals surface area contributed by atoms with Crippen LogP contribution in [0.25, 0.3) is 11.1 Å². The number of ketones is 1. The highest BCUT2D eigenvalue weighted by molar-refractivity contribution is 5.93. The number of rotatable bonds is 5. The Kier molecular flexibility index (Phi) is 5.24. The molecule has 28 heavy (non-hydrogen) atoms. The minimum atomic E-state index is 0.159. The number of carbonyl (C=O) groups is 1. The number of hydrogen-bond donors (Lipinski definition) is 1. The lowest BCUT2D eigenvalue weighted by Gasteiger charge is -2.24. The summed E-state index contributed by atoms with van der Waals surface area (Å²) in [4.78, 5) is 12.4. The van der Waals surface area contributed by atoms with Gasteiger partial charge >= 0.3 is 0 Å². The smallest absolute Gasteiger partial charge is 0.158 e. The van der Waals surface area contributed by atoms with Crippen LogP contribution in [-0.4, -0.2) is 12.9 Å². The lowest BCUT2D eigenvalue weighted by molar-refractivity contribution is -0.115. The summed E-state index contributed by atoms with van der Waals surface area (Å²) in [5.41, 5.74) is 5.42. The average Bonchev–Trinajstić information content (AvgIpc) is 2.74. The number of para-hydroxylation sites is 1. The summed E-state index contributed by atoms with van der Waals surface area (Å²) in [6.07, 6.45) is 3.10. The van der Waals surface area contributed by atoms with Crippen LogP contribution in [0.3, 0.4) is 0 Å². The molecule has 4 rings (SSSR count). The maximum Gasteiger partial charge on any atom is 0.158 e. The molecule has 0 saturated heterocycles. The Morgan fingerprint density at radius 2 is 1.57 bits per heavy atom. The van der Waals surface area contributed by atoms with Gasteiger partial charge in [0.05, 0.1) is 7.11 Å². The van der Waals surface area contributed by atoms with Crippen LogP contribution >= 0.6 is 0 Å². The predicted octanol–water partition coefficient (Wildman–Crippen LogP) is 5.80. The maximum atomic E-state index is 12.4. The van der Waals surface area contributed by atoms with E-state index in [2.05, 4.69) is 41.7 Å². The van der Waals surface area contributed by atoms with Gasteiger partial charge in [0.15, 0.2) is 5.78 Å². The maximum absolute atomic E-state index is 12.4. The molecule has 0 bridgehead atoms. The highest BCUT2D eigenvalue weighted by Crippen LogP contribution is 2.35. The summed E-state index contributed by atoms with van der Waals surface area (Å²) in [5, 5.41) is 3.52. The van der Waals surface area contributed by atoms with Crippen LogP contribution in [-0.2, 0) is 4.79 Å². The molecule has 0 aromatic heterocycles. The van der Waals surface area contributed by atoms with Crippen molar-refractivity contribution in [1.82, 2.24) is 0 Å². The molecule has 0 aliphatic heterocycles. The number of ether oxygens (including phenoxy) is 1. The molecule has 3 aromatic rings. The summed E-state index contributed by atoms with van der Waals surface area (Å²) < 4.78 is 5.24. The topological polar surface area (TPSA) is 38.3 Å². The van der Waals surface area contributed by atoms with Crippen molar-refractivity contribution in [3.63, 3.8) is 0 Å². The van der Waals surface area contributed by atoms with E-state index in [1.165, 1.54) is 0 Å². The number of carbonyl (C=O) groups excluding carboxylic acids is 1. The molecule has 0 unspecified atom stereocenters. The molecule has 0 radical (unpaired) electrons. The predicted molar refractivity (Wildman–Crippen MR) is 114 cm³/mol. The van der Waals surface area contributed by atoms with E-state index in [0.29, 0.717) is 6.42 Å². The van der Waals surface area contributed by atoms with E-state index >= 15 is 0 Å². The highest BCUT2D eigenvalue weighted by atomic mass is 16.5. The highest BCUT2D eigenvalue weighted by Gasteiger charge is 2.23. The molecule has 1 aliphatic rings. The zero-order chi connectivity index (χ0) is 19.3. The fraction of sp³-hybridized carbons (Fsp3) is 0.160. The van der Waals surface area contributed by atoms with Crippen LogP contribution in [0.4, 0.5) is 5.69 Å². The SMILES string of the molecule is COc1ccc([C@H]2CC(=O)C=C(Nc3ccccc3-c3ccccc3)C2)cc1. The first-order valence-electron chi connectivity index (χ1n) is 9.52. The number of anilines is 1. The molecule has 1 atom stereocenters. The summed E-state index contributed by atoms with van der Waals surface area (Å²) in [5.74, 6) is 1.16. The number of nitrogens with one attached hydrogen (secondary N) is 1. The second-order valence-electron chi connectivity index (χ2n) is 7.05. The van der Waals surface area contributed by atoms with Gasteiger partial charge in [-0.3, -0.25) is 4.79 Å². The van der Waals surface area contributed by atoms with Crippen LogP contribution in [0.15, 0.2) is 90.6 Å². The van der Waals surface area contributed by atoms with Gasteiger partial charge in [-0.25, -0.2) is 0 Å². The Balaban J connectivity index is 1.57. The third-order valence-electron chi connectivity index (χ3n) is 5.14. The van der Waals surface area contributed by atoms with E-state index in [-0.39, 0.29) is 11.7 Å². The van der Waals surface area contributed by atoms with Gasteiger partial charge in [-0.1, -0.05) is 60.7 Å². The van der Waals surface area contributed by atoms with E-state index in [1.54, 1.807) is 13.2 Å². The van der Waals surface area contributed by atoms with E-state index < -0.39 is 0 Å². The van der Waals surface area contributed by atoms with Crippen LogP contribution in [0.2, 0.25) is 0 Å². The second kappa shape index (κ2) is 8.13. The van der Waals surface area contributed by atoms with Gasteiger partial charge in [-0.15, -0.1) is 0 Å². The van der Waals surface area contributed by atoms with Crippen molar-refractivity contribution in [2.24, 2.45) is 0 Å². The Labute approximate surface area is 165 Å². The lowest BCUT2D eigenvalue weighted by Crippen LogP contribution is -2.17. The van der Waals surface area contributed by atoms with Gasteiger partial charge in [-0.2, -0.15) is 0 Å². The van der Waals surface area contributed by atoms with E-state index in [0.717, 1.165) is 40.2 Å². The Morgan fingerprint density at radius 1 is 0.857 bits per heavy atom. The first-order chi connectivity index (χ1) is 13.7. The fourth-order valence-corrected chi connectivity index (χ4v) is 3.73. The van der Waals surface area contributed by atoms with Crippen molar-refractivity contribution in [3.05, 3.63) is 96.2 Å². The van der Waals surface area contributed by atoms with E-state index in [9.17, 15) is 4.79 Å². The molecular weight excluding hydrogens is 346 g/mol. The van der Waals surface area contributed by atoms with Crippen LogP contribution in [0.5, 0.6) is 5.75 Å². The Morgan fingerprint density at radius 3 is 2.32 bits per heavy atom. The van der Waals surface area contributed by atoms with Crippen LogP contribution in [0, 0.1) is 0 Å². The molecule has 3 heteroatoms. The lowest BCUT2D eigenvalue weighted by atomic mass is 9.85. The van der Waals surface area contributed by atoms with Crippen molar-refractivity contribution >= 4 is 11.5 Å². The van der Waals surface area contributed by atoms with Gasteiger partial charge in [0.25, 0.3) is 0 Å². The second-order valence-corrected chi connectivity index (χ2v) is 7.05. The zero-order valence-electron chi connectivity index (χ0n) is 15.9. The molecular formula is C25H23NO2. The van der Waals surface area contributed by atoms with Gasteiger partial charge in [-0.05, 0) is 41.7 Å². The third-order valence-corrected chi connectivity index (χ3v) is 5.14. The zero-order valence-corrected chi connectivity index (χ0v) is 15.9. The molecule has 0 amide bonds. The average molecular weight is 369 g/mol. The minimum Gasteiger partial charge on any atom is -0.497 e. The Hall–Kier alpha value is -3.33. The molecule has 1 aliphatic carbocycles. The monoisotopic (exact) mass is 369 g/mol. The van der Waals surface area contributed by atoms with Gasteiger partial charge in [0.1, 0.15) is 5.75 Å². The van der Waals surface area contributed by atoms with Gasteiger partial charge < -0.3 is 10.1 Å². The van der Waals surface area contributed by atoms with Crippen LogP contribution in [0.1, 0.15) is 24.3 Å². The number of methoxy groups -OCH3 is 1. The van der Waals surface area contributed by atoms with Gasteiger partial charge in [0, 0.05) is 29.4 Å². The molecule has 0 saturated carbocycles. The van der Waals surface area contributed by atoms with Crippen LogP contribution < -0.4 is 10.1 Å². The number of allylic oxidation sites excluding steroid dienone is 2. The standard InChI is InChI=1S/C25H23NO2/c1-28-23-13-11-18(12-14-23)20-15-21(17-22(27)16-20)26-25-10-6-5-9-24(25)19-7-3-2-4-8-19/h2-14,17,20,26H,15-16H2,1H3/t20-/m1/s1. The van der Waals surface area contributed by atoms with Crippen molar-refractivity contribution in [3.8, 4) is 16.9 Å². The third kappa shape index (κ3) is 3.99. The molecule has 1 N–H and O–H groups in total.